The normalized spacial score (nSPS) is 11.2. The summed E-state index contributed by atoms with van der Waals surface area (Å²) in [5, 5.41) is 8.52. The first kappa shape index (κ1) is 14.5. The van der Waals surface area contributed by atoms with E-state index in [-0.39, 0.29) is 5.78 Å². The number of hydrogen-bond acceptors (Lipinski definition) is 3. The summed E-state index contributed by atoms with van der Waals surface area (Å²) >= 11 is 1.62. The molecule has 0 spiro atoms. The highest BCUT2D eigenvalue weighted by molar-refractivity contribution is 7.08. The lowest BCUT2D eigenvalue weighted by atomic mass is 10.1. The molecule has 0 unspecified atom stereocenters. The van der Waals surface area contributed by atoms with Crippen LogP contribution >= 0.6 is 11.3 Å². The molecule has 0 atom stereocenters. The topological polar surface area (TPSA) is 34.9 Å². The van der Waals surface area contributed by atoms with Crippen molar-refractivity contribution in [1.29, 1.82) is 0 Å². The first-order chi connectivity index (χ1) is 10.7. The minimum atomic E-state index is -0.0108. The molecular weight excluding hydrogens is 292 g/mol. The zero-order valence-corrected chi connectivity index (χ0v) is 13.3. The molecule has 2 aromatic heterocycles. The molecule has 0 fully saturated rings. The molecule has 0 aliphatic heterocycles. The molecule has 0 radical (unpaired) electrons. The van der Waals surface area contributed by atoms with Crippen LogP contribution in [0.2, 0.25) is 0 Å². The van der Waals surface area contributed by atoms with E-state index < -0.39 is 0 Å². The number of carbonyl (C=O) groups is 1. The smallest absolute Gasteiger partial charge is 0.189 e. The third-order valence-corrected chi connectivity index (χ3v) is 4.21. The number of hydrogen-bond donors (Lipinski definition) is 0. The second-order valence-corrected chi connectivity index (χ2v) is 5.83. The van der Waals surface area contributed by atoms with Gasteiger partial charge in [0, 0.05) is 0 Å². The van der Waals surface area contributed by atoms with Crippen LogP contribution in [0.1, 0.15) is 27.3 Å². The number of carbonyl (C=O) groups excluding carboxylic acids is 1. The van der Waals surface area contributed by atoms with Crippen LogP contribution in [-0.4, -0.2) is 15.6 Å². The standard InChI is InChI=1S/C18H16N2OS/c1-13-18(17(21)9-8-15-10-11-22-12-15)14(2)20(19-13)16-6-4-3-5-7-16/h3-12H,1-2H3/b9-8-. The number of thiophene rings is 1. The quantitative estimate of drug-likeness (QED) is 0.527. The zero-order valence-electron chi connectivity index (χ0n) is 12.5. The van der Waals surface area contributed by atoms with E-state index in [1.54, 1.807) is 17.4 Å². The van der Waals surface area contributed by atoms with Crippen LogP contribution < -0.4 is 0 Å². The maximum Gasteiger partial charge on any atom is 0.189 e. The Morgan fingerprint density at radius 3 is 2.64 bits per heavy atom. The Balaban J connectivity index is 1.95. The van der Waals surface area contributed by atoms with Gasteiger partial charge in [-0.1, -0.05) is 24.3 Å². The van der Waals surface area contributed by atoms with E-state index in [2.05, 4.69) is 5.10 Å². The number of allylic oxidation sites excluding steroid dienone is 1. The summed E-state index contributed by atoms with van der Waals surface area (Å²) in [5.74, 6) is -0.0108. The Morgan fingerprint density at radius 2 is 1.95 bits per heavy atom. The molecule has 1 aromatic carbocycles. The summed E-state index contributed by atoms with van der Waals surface area (Å²) in [6, 6.07) is 11.8. The molecule has 0 aliphatic carbocycles. The van der Waals surface area contributed by atoms with Crippen molar-refractivity contribution in [2.45, 2.75) is 13.8 Å². The molecule has 3 rings (SSSR count). The van der Waals surface area contributed by atoms with Gasteiger partial charge in [-0.2, -0.15) is 16.4 Å². The van der Waals surface area contributed by atoms with E-state index in [4.69, 9.17) is 0 Å². The number of rotatable bonds is 4. The van der Waals surface area contributed by atoms with Gasteiger partial charge in [0.1, 0.15) is 0 Å². The molecule has 0 saturated heterocycles. The number of nitrogens with zero attached hydrogens (tertiary/aromatic N) is 2. The fourth-order valence-corrected chi connectivity index (χ4v) is 3.07. The number of para-hydroxylation sites is 1. The van der Waals surface area contributed by atoms with Gasteiger partial charge in [0.25, 0.3) is 0 Å². The van der Waals surface area contributed by atoms with Crippen LogP contribution in [0.4, 0.5) is 0 Å². The Morgan fingerprint density at radius 1 is 1.18 bits per heavy atom. The molecule has 22 heavy (non-hydrogen) atoms. The third kappa shape index (κ3) is 2.78. The Labute approximate surface area is 133 Å². The van der Waals surface area contributed by atoms with Gasteiger partial charge in [-0.25, -0.2) is 4.68 Å². The van der Waals surface area contributed by atoms with E-state index in [0.29, 0.717) is 5.56 Å². The lowest BCUT2D eigenvalue weighted by Gasteiger charge is -2.03. The molecule has 0 bridgehead atoms. The number of aryl methyl sites for hydroxylation is 1. The number of aromatic nitrogens is 2. The molecule has 0 amide bonds. The summed E-state index contributed by atoms with van der Waals surface area (Å²) in [7, 11) is 0. The summed E-state index contributed by atoms with van der Waals surface area (Å²) < 4.78 is 1.82. The summed E-state index contributed by atoms with van der Waals surface area (Å²) in [6.07, 6.45) is 3.46. The van der Waals surface area contributed by atoms with Crippen LogP contribution in [0.5, 0.6) is 0 Å². The van der Waals surface area contributed by atoms with Crippen LogP contribution in [-0.2, 0) is 0 Å². The molecule has 3 aromatic rings. The van der Waals surface area contributed by atoms with Crippen LogP contribution in [0.3, 0.4) is 0 Å². The van der Waals surface area contributed by atoms with Crippen molar-refractivity contribution >= 4 is 23.2 Å². The highest BCUT2D eigenvalue weighted by Gasteiger charge is 2.17. The predicted octanol–water partition coefficient (Wildman–Crippen LogP) is 4.45. The molecular formula is C18H16N2OS. The van der Waals surface area contributed by atoms with Crippen molar-refractivity contribution in [3.8, 4) is 5.69 Å². The van der Waals surface area contributed by atoms with Gasteiger partial charge >= 0.3 is 0 Å². The van der Waals surface area contributed by atoms with Crippen LogP contribution in [0.25, 0.3) is 11.8 Å². The van der Waals surface area contributed by atoms with Crippen molar-refractivity contribution in [2.24, 2.45) is 0 Å². The van der Waals surface area contributed by atoms with E-state index in [9.17, 15) is 4.79 Å². The fourth-order valence-electron chi connectivity index (χ4n) is 2.44. The fraction of sp³-hybridized carbons (Fsp3) is 0.111. The molecule has 4 heteroatoms. The maximum atomic E-state index is 12.5. The second-order valence-electron chi connectivity index (χ2n) is 5.05. The lowest BCUT2D eigenvalue weighted by Crippen LogP contribution is -2.01. The lowest BCUT2D eigenvalue weighted by molar-refractivity contribution is 0.104. The molecule has 3 nitrogen and oxygen atoms in total. The second kappa shape index (κ2) is 6.12. The van der Waals surface area contributed by atoms with Gasteiger partial charge in [0.05, 0.1) is 22.6 Å². The van der Waals surface area contributed by atoms with Crippen molar-refractivity contribution in [3.05, 3.63) is 75.7 Å². The first-order valence-corrected chi connectivity index (χ1v) is 7.97. The average molecular weight is 308 g/mol. The highest BCUT2D eigenvalue weighted by Crippen LogP contribution is 2.19. The summed E-state index contributed by atoms with van der Waals surface area (Å²) in [4.78, 5) is 12.5. The largest absolute Gasteiger partial charge is 0.289 e. The van der Waals surface area contributed by atoms with Crippen LogP contribution in [0, 0.1) is 13.8 Å². The molecule has 0 aliphatic rings. The van der Waals surface area contributed by atoms with Gasteiger partial charge in [0.2, 0.25) is 0 Å². The number of benzene rings is 1. The Bertz CT molecular complexity index is 814. The van der Waals surface area contributed by atoms with Gasteiger partial charge < -0.3 is 0 Å². The maximum absolute atomic E-state index is 12.5. The highest BCUT2D eigenvalue weighted by atomic mass is 32.1. The average Bonchev–Trinajstić information content (AvgIpc) is 3.14. The summed E-state index contributed by atoms with van der Waals surface area (Å²) in [5.41, 5.74) is 4.30. The minimum Gasteiger partial charge on any atom is -0.289 e. The summed E-state index contributed by atoms with van der Waals surface area (Å²) in [6.45, 7) is 3.80. The first-order valence-electron chi connectivity index (χ1n) is 7.03. The molecule has 110 valence electrons. The Hall–Kier alpha value is -2.46. The minimum absolute atomic E-state index is 0.0108. The monoisotopic (exact) mass is 308 g/mol. The van der Waals surface area contributed by atoms with Gasteiger partial charge in [-0.3, -0.25) is 4.79 Å². The van der Waals surface area contributed by atoms with E-state index in [1.807, 2.05) is 71.8 Å². The SMILES string of the molecule is Cc1nn(-c2ccccc2)c(C)c1C(=O)/C=C\c1ccsc1. The van der Waals surface area contributed by atoms with E-state index in [0.717, 1.165) is 22.6 Å². The van der Waals surface area contributed by atoms with E-state index in [1.165, 1.54) is 0 Å². The van der Waals surface area contributed by atoms with Crippen LogP contribution in [0.15, 0.2) is 53.2 Å². The number of ketones is 1. The predicted molar refractivity (Wildman–Crippen MR) is 90.7 cm³/mol. The van der Waals surface area contributed by atoms with Crippen molar-refractivity contribution in [1.82, 2.24) is 9.78 Å². The van der Waals surface area contributed by atoms with Gasteiger partial charge in [-0.05, 0) is 54.4 Å². The molecule has 0 N–H and O–H groups in total. The third-order valence-electron chi connectivity index (χ3n) is 3.51. The van der Waals surface area contributed by atoms with Gasteiger partial charge in [0.15, 0.2) is 5.78 Å². The Kier molecular flexibility index (Phi) is 4.02. The molecule has 2 heterocycles. The molecule has 0 saturated carbocycles. The zero-order chi connectivity index (χ0) is 15.5. The van der Waals surface area contributed by atoms with Gasteiger partial charge in [-0.15, -0.1) is 0 Å². The van der Waals surface area contributed by atoms with Crippen molar-refractivity contribution in [2.75, 3.05) is 0 Å². The van der Waals surface area contributed by atoms with E-state index >= 15 is 0 Å². The van der Waals surface area contributed by atoms with Crippen molar-refractivity contribution < 1.29 is 4.79 Å². The van der Waals surface area contributed by atoms with Crippen molar-refractivity contribution in [3.63, 3.8) is 0 Å².